The van der Waals surface area contributed by atoms with Gasteiger partial charge in [0.1, 0.15) is 6.10 Å². The summed E-state index contributed by atoms with van der Waals surface area (Å²) in [5, 5.41) is 4.19. The Morgan fingerprint density at radius 1 is 1.23 bits per heavy atom. The Hall–Kier alpha value is -1.59. The van der Waals surface area contributed by atoms with Crippen LogP contribution in [0.3, 0.4) is 0 Å². The number of halogens is 2. The maximum Gasteiger partial charge on any atom is 0.250 e. The molecular weight excluding hydrogens is 373 g/mol. The number of hydrogen-bond donors (Lipinski definition) is 1. The summed E-state index contributed by atoms with van der Waals surface area (Å²) in [7, 11) is 1.55. The number of amides is 1. The summed E-state index contributed by atoms with van der Waals surface area (Å²) in [4.78, 5) is 12.9. The fourth-order valence-electron chi connectivity index (χ4n) is 3.25. The molecule has 0 saturated carbocycles. The number of benzene rings is 2. The predicted octanol–water partition coefficient (Wildman–Crippen LogP) is 4.25. The number of carbonyl (C=O) groups excluding carboxylic acids is 1. The summed E-state index contributed by atoms with van der Waals surface area (Å²) in [6.45, 7) is 1.18. The van der Waals surface area contributed by atoms with Crippen LogP contribution in [0.15, 0.2) is 48.5 Å². The average molecular weight is 394 g/mol. The van der Waals surface area contributed by atoms with Crippen LogP contribution >= 0.6 is 23.2 Å². The molecule has 1 saturated heterocycles. The zero-order chi connectivity index (χ0) is 18.5. The first-order valence-corrected chi connectivity index (χ1v) is 9.26. The number of methoxy groups -OCH3 is 1. The molecule has 26 heavy (non-hydrogen) atoms. The lowest BCUT2D eigenvalue weighted by Gasteiger charge is -2.26. The fourth-order valence-corrected chi connectivity index (χ4v) is 3.66. The first-order chi connectivity index (χ1) is 12.6. The van der Waals surface area contributed by atoms with Crippen LogP contribution in [-0.2, 0) is 14.3 Å². The van der Waals surface area contributed by atoms with Gasteiger partial charge in [-0.3, -0.25) is 4.79 Å². The first-order valence-electron chi connectivity index (χ1n) is 8.51. The minimum atomic E-state index is -0.568. The smallest absolute Gasteiger partial charge is 0.250 e. The van der Waals surface area contributed by atoms with Gasteiger partial charge in [-0.15, -0.1) is 0 Å². The van der Waals surface area contributed by atoms with Gasteiger partial charge in [0.15, 0.2) is 0 Å². The van der Waals surface area contributed by atoms with Crippen molar-refractivity contribution in [1.82, 2.24) is 5.32 Å². The van der Waals surface area contributed by atoms with Crippen LogP contribution in [0.5, 0.6) is 0 Å². The molecule has 1 amide bonds. The largest absolute Gasteiger partial charge is 0.381 e. The molecule has 3 atom stereocenters. The van der Waals surface area contributed by atoms with E-state index in [1.54, 1.807) is 25.3 Å². The molecule has 1 aliphatic heterocycles. The molecule has 3 rings (SSSR count). The summed E-state index contributed by atoms with van der Waals surface area (Å²) in [5.41, 5.74) is 1.67. The lowest BCUT2D eigenvalue weighted by Crippen LogP contribution is -2.43. The van der Waals surface area contributed by atoms with E-state index in [0.717, 1.165) is 17.5 Å². The van der Waals surface area contributed by atoms with Crippen molar-refractivity contribution in [2.45, 2.75) is 18.6 Å². The van der Waals surface area contributed by atoms with Crippen molar-refractivity contribution in [3.05, 3.63) is 69.7 Å². The van der Waals surface area contributed by atoms with Crippen LogP contribution in [0.25, 0.3) is 0 Å². The van der Waals surface area contributed by atoms with E-state index >= 15 is 0 Å². The summed E-state index contributed by atoms with van der Waals surface area (Å²) in [6.07, 6.45) is 0.238. The number of rotatable bonds is 6. The lowest BCUT2D eigenvalue weighted by molar-refractivity contribution is -0.134. The Morgan fingerprint density at radius 3 is 2.65 bits per heavy atom. The second-order valence-electron chi connectivity index (χ2n) is 6.30. The average Bonchev–Trinajstić information content (AvgIpc) is 3.17. The number of ether oxygens (including phenoxy) is 2. The van der Waals surface area contributed by atoms with Gasteiger partial charge in [-0.1, -0.05) is 53.5 Å². The number of hydrogen-bond acceptors (Lipinski definition) is 3. The molecule has 0 radical (unpaired) electrons. The Balaban J connectivity index is 1.91. The van der Waals surface area contributed by atoms with Crippen LogP contribution in [0, 0.1) is 5.92 Å². The minimum absolute atomic E-state index is 0.0475. The van der Waals surface area contributed by atoms with Crippen molar-refractivity contribution in [2.75, 3.05) is 20.3 Å². The van der Waals surface area contributed by atoms with E-state index in [2.05, 4.69) is 5.32 Å². The van der Waals surface area contributed by atoms with E-state index in [0.29, 0.717) is 23.3 Å². The Bertz CT molecular complexity index is 748. The molecule has 1 fully saturated rings. The van der Waals surface area contributed by atoms with E-state index in [4.69, 9.17) is 32.7 Å². The van der Waals surface area contributed by atoms with Gasteiger partial charge in [0.05, 0.1) is 12.6 Å². The van der Waals surface area contributed by atoms with Gasteiger partial charge in [-0.05, 0) is 35.7 Å². The highest BCUT2D eigenvalue weighted by Crippen LogP contribution is 2.31. The molecule has 2 aromatic carbocycles. The van der Waals surface area contributed by atoms with Crippen molar-refractivity contribution in [1.29, 1.82) is 0 Å². The third-order valence-corrected chi connectivity index (χ3v) is 5.17. The third-order valence-electron chi connectivity index (χ3n) is 4.59. The van der Waals surface area contributed by atoms with Crippen molar-refractivity contribution in [3.63, 3.8) is 0 Å². The molecule has 1 N–H and O–H groups in total. The maximum absolute atomic E-state index is 12.9. The van der Waals surface area contributed by atoms with E-state index in [1.165, 1.54) is 0 Å². The quantitative estimate of drug-likeness (QED) is 0.797. The highest BCUT2D eigenvalue weighted by Gasteiger charge is 2.33. The van der Waals surface area contributed by atoms with Gasteiger partial charge < -0.3 is 14.8 Å². The van der Waals surface area contributed by atoms with E-state index in [1.807, 2.05) is 30.3 Å². The predicted molar refractivity (Wildman–Crippen MR) is 103 cm³/mol. The molecule has 0 aromatic heterocycles. The number of carbonyl (C=O) groups is 1. The number of nitrogens with one attached hydrogen (secondary N) is 1. The van der Waals surface area contributed by atoms with Crippen LogP contribution < -0.4 is 5.32 Å². The van der Waals surface area contributed by atoms with Gasteiger partial charge in [-0.2, -0.15) is 0 Å². The SMILES string of the molecule is COC(C(=O)NC(c1ccccc1)c1cc(Cl)ccc1Cl)C1CCOC1. The highest BCUT2D eigenvalue weighted by molar-refractivity contribution is 6.33. The van der Waals surface area contributed by atoms with E-state index in [-0.39, 0.29) is 11.8 Å². The van der Waals surface area contributed by atoms with Gasteiger partial charge in [0.2, 0.25) is 5.91 Å². The van der Waals surface area contributed by atoms with Crippen molar-refractivity contribution >= 4 is 29.1 Å². The minimum Gasteiger partial charge on any atom is -0.381 e. The molecular formula is C20H21Cl2NO3. The third kappa shape index (κ3) is 4.38. The molecule has 0 bridgehead atoms. The lowest BCUT2D eigenvalue weighted by atomic mass is 9.96. The summed E-state index contributed by atoms with van der Waals surface area (Å²) >= 11 is 12.6. The molecule has 3 unspecified atom stereocenters. The van der Waals surface area contributed by atoms with Crippen molar-refractivity contribution in [3.8, 4) is 0 Å². The second kappa shape index (κ2) is 8.87. The van der Waals surface area contributed by atoms with Gasteiger partial charge in [-0.25, -0.2) is 0 Å². The maximum atomic E-state index is 12.9. The van der Waals surface area contributed by atoms with Crippen LogP contribution in [-0.4, -0.2) is 32.3 Å². The normalized spacial score (nSPS) is 19.1. The molecule has 1 aliphatic rings. The van der Waals surface area contributed by atoms with Gasteiger partial charge in [0.25, 0.3) is 0 Å². The van der Waals surface area contributed by atoms with Gasteiger partial charge in [0, 0.05) is 29.7 Å². The van der Waals surface area contributed by atoms with E-state index < -0.39 is 12.1 Å². The molecule has 4 nitrogen and oxygen atoms in total. The summed E-state index contributed by atoms with van der Waals surface area (Å²) < 4.78 is 10.9. The Morgan fingerprint density at radius 2 is 2.00 bits per heavy atom. The molecule has 0 aliphatic carbocycles. The first kappa shape index (κ1) is 19.2. The van der Waals surface area contributed by atoms with Gasteiger partial charge >= 0.3 is 0 Å². The summed E-state index contributed by atoms with van der Waals surface area (Å²) in [5.74, 6) is -0.140. The Kier molecular flexibility index (Phi) is 6.54. The van der Waals surface area contributed by atoms with E-state index in [9.17, 15) is 4.79 Å². The summed E-state index contributed by atoms with van der Waals surface area (Å²) in [6, 6.07) is 14.5. The highest BCUT2D eigenvalue weighted by atomic mass is 35.5. The topological polar surface area (TPSA) is 47.6 Å². The van der Waals surface area contributed by atoms with Crippen LogP contribution in [0.1, 0.15) is 23.6 Å². The Labute approximate surface area is 163 Å². The monoisotopic (exact) mass is 393 g/mol. The van der Waals surface area contributed by atoms with Crippen LogP contribution in [0.2, 0.25) is 10.0 Å². The zero-order valence-corrected chi connectivity index (χ0v) is 16.0. The molecule has 2 aromatic rings. The van der Waals surface area contributed by atoms with Crippen LogP contribution in [0.4, 0.5) is 0 Å². The van der Waals surface area contributed by atoms with Crippen molar-refractivity contribution < 1.29 is 14.3 Å². The molecule has 1 heterocycles. The molecule has 6 heteroatoms. The standard InChI is InChI=1S/C20H21Cl2NO3/c1-25-19(14-9-10-26-12-14)20(24)23-18(13-5-3-2-4-6-13)16-11-15(21)7-8-17(16)22/h2-8,11,14,18-19H,9-10,12H2,1H3,(H,23,24). The molecule has 138 valence electrons. The second-order valence-corrected chi connectivity index (χ2v) is 7.14. The zero-order valence-electron chi connectivity index (χ0n) is 14.5. The van der Waals surface area contributed by atoms with Crippen molar-refractivity contribution in [2.24, 2.45) is 5.92 Å². The fraction of sp³-hybridized carbons (Fsp3) is 0.350. The molecule has 0 spiro atoms.